The summed E-state index contributed by atoms with van der Waals surface area (Å²) in [5, 5.41) is 10.2. The first-order valence-electron chi connectivity index (χ1n) is 12.5. The molecular formula is C26H36N4O3. The van der Waals surface area contributed by atoms with Crippen LogP contribution in [0, 0.1) is 23.2 Å². The van der Waals surface area contributed by atoms with Gasteiger partial charge in [0.2, 0.25) is 5.91 Å². The van der Waals surface area contributed by atoms with Crippen LogP contribution in [0.15, 0.2) is 0 Å². The van der Waals surface area contributed by atoms with E-state index in [9.17, 15) is 10.1 Å². The van der Waals surface area contributed by atoms with Crippen LogP contribution in [-0.4, -0.2) is 60.3 Å². The predicted octanol–water partition coefficient (Wildman–Crippen LogP) is 3.39. The van der Waals surface area contributed by atoms with Crippen molar-refractivity contribution in [3.63, 3.8) is 0 Å². The number of pyridine rings is 1. The van der Waals surface area contributed by atoms with Gasteiger partial charge < -0.3 is 19.3 Å². The van der Waals surface area contributed by atoms with Gasteiger partial charge in [-0.05, 0) is 44.6 Å². The molecule has 2 unspecified atom stereocenters. The number of piperazine rings is 1. The third-order valence-electron chi connectivity index (χ3n) is 7.76. The zero-order valence-electron chi connectivity index (χ0n) is 20.4. The first-order valence-corrected chi connectivity index (χ1v) is 12.5. The van der Waals surface area contributed by atoms with Gasteiger partial charge in [-0.1, -0.05) is 13.8 Å². The summed E-state index contributed by atoms with van der Waals surface area (Å²) in [7, 11) is 0. The molecule has 1 aromatic rings. The highest BCUT2D eigenvalue weighted by atomic mass is 16.5. The predicted molar refractivity (Wildman–Crippen MR) is 125 cm³/mol. The molecule has 4 aliphatic rings. The van der Waals surface area contributed by atoms with Crippen molar-refractivity contribution in [1.29, 1.82) is 5.26 Å². The van der Waals surface area contributed by atoms with Gasteiger partial charge in [-0.25, -0.2) is 4.98 Å². The van der Waals surface area contributed by atoms with Crippen molar-refractivity contribution in [2.75, 3.05) is 37.7 Å². The van der Waals surface area contributed by atoms with Crippen molar-refractivity contribution in [1.82, 2.24) is 9.88 Å². The van der Waals surface area contributed by atoms with Crippen molar-refractivity contribution >= 4 is 11.7 Å². The van der Waals surface area contributed by atoms with Gasteiger partial charge in [0.15, 0.2) is 0 Å². The van der Waals surface area contributed by atoms with Gasteiger partial charge in [0.25, 0.3) is 0 Å². The van der Waals surface area contributed by atoms with E-state index in [0.717, 1.165) is 48.3 Å². The van der Waals surface area contributed by atoms with E-state index in [1.54, 1.807) is 0 Å². The highest BCUT2D eigenvalue weighted by Gasteiger charge is 2.40. The zero-order chi connectivity index (χ0) is 23.3. The summed E-state index contributed by atoms with van der Waals surface area (Å²) in [5.41, 5.74) is 3.83. The van der Waals surface area contributed by atoms with Crippen LogP contribution in [0.3, 0.4) is 0 Å². The Morgan fingerprint density at radius 1 is 1.21 bits per heavy atom. The SMILES string of the molecule is CC(C)C1CN(c2nc(C3CC3)c3c(c2C#N)CC(C)(C)OC3)CCN1C(=O)C1CCOC1. The largest absolute Gasteiger partial charge is 0.381 e. The molecule has 7 heteroatoms. The van der Waals surface area contributed by atoms with Crippen molar-refractivity contribution in [3.05, 3.63) is 22.4 Å². The summed E-state index contributed by atoms with van der Waals surface area (Å²) in [6, 6.07) is 2.61. The Balaban J connectivity index is 1.48. The van der Waals surface area contributed by atoms with Crippen molar-refractivity contribution < 1.29 is 14.3 Å². The van der Waals surface area contributed by atoms with Crippen molar-refractivity contribution in [2.24, 2.45) is 11.8 Å². The number of ether oxygens (including phenoxy) is 2. The second-order valence-corrected chi connectivity index (χ2v) is 11.1. The van der Waals surface area contributed by atoms with Gasteiger partial charge in [-0.3, -0.25) is 4.79 Å². The van der Waals surface area contributed by atoms with Crippen molar-refractivity contribution in [3.8, 4) is 6.07 Å². The molecule has 2 atom stereocenters. The Hall–Kier alpha value is -2.17. The summed E-state index contributed by atoms with van der Waals surface area (Å²) >= 11 is 0. The fraction of sp³-hybridized carbons (Fsp3) is 0.731. The van der Waals surface area contributed by atoms with E-state index in [-0.39, 0.29) is 23.5 Å². The average Bonchev–Trinajstić information content (AvgIpc) is 3.49. The van der Waals surface area contributed by atoms with Gasteiger partial charge in [-0.2, -0.15) is 5.26 Å². The number of fused-ring (bicyclic) bond motifs is 1. The number of amides is 1. The number of carbonyl (C=O) groups excluding carboxylic acids is 1. The first kappa shape index (κ1) is 22.6. The van der Waals surface area contributed by atoms with Gasteiger partial charge in [0.05, 0.1) is 42.0 Å². The van der Waals surface area contributed by atoms with E-state index in [1.165, 1.54) is 0 Å². The Kier molecular flexibility index (Phi) is 5.86. The number of nitrogens with zero attached hydrogens (tertiary/aromatic N) is 4. The maximum atomic E-state index is 13.2. The molecule has 3 fully saturated rings. The van der Waals surface area contributed by atoms with E-state index in [0.29, 0.717) is 56.9 Å². The number of nitriles is 1. The minimum absolute atomic E-state index is 0.0157. The monoisotopic (exact) mass is 452 g/mol. The quantitative estimate of drug-likeness (QED) is 0.697. The van der Waals surface area contributed by atoms with E-state index < -0.39 is 0 Å². The maximum absolute atomic E-state index is 13.2. The van der Waals surface area contributed by atoms with Crippen LogP contribution in [0.4, 0.5) is 5.82 Å². The van der Waals surface area contributed by atoms with Crippen LogP contribution < -0.4 is 4.90 Å². The molecule has 0 radical (unpaired) electrons. The van der Waals surface area contributed by atoms with Gasteiger partial charge >= 0.3 is 0 Å². The molecule has 1 amide bonds. The smallest absolute Gasteiger partial charge is 0.228 e. The molecule has 3 aliphatic heterocycles. The highest BCUT2D eigenvalue weighted by Crippen LogP contribution is 2.46. The Bertz CT molecular complexity index is 973. The summed E-state index contributed by atoms with van der Waals surface area (Å²) < 4.78 is 11.6. The van der Waals surface area contributed by atoms with Crippen LogP contribution in [0.5, 0.6) is 0 Å². The normalized spacial score (nSPS) is 26.9. The Morgan fingerprint density at radius 3 is 2.64 bits per heavy atom. The minimum Gasteiger partial charge on any atom is -0.381 e. The molecule has 1 aliphatic carbocycles. The number of carbonyl (C=O) groups is 1. The second-order valence-electron chi connectivity index (χ2n) is 11.1. The molecular weight excluding hydrogens is 416 g/mol. The zero-order valence-corrected chi connectivity index (χ0v) is 20.4. The van der Waals surface area contributed by atoms with Crippen LogP contribution in [-0.2, 0) is 27.3 Å². The molecule has 7 nitrogen and oxygen atoms in total. The number of hydrogen-bond donors (Lipinski definition) is 0. The van der Waals surface area contributed by atoms with Gasteiger partial charge in [-0.15, -0.1) is 0 Å². The third-order valence-corrected chi connectivity index (χ3v) is 7.76. The molecule has 0 N–H and O–H groups in total. The first-order chi connectivity index (χ1) is 15.8. The topological polar surface area (TPSA) is 78.7 Å². The van der Waals surface area contributed by atoms with Gasteiger partial charge in [0, 0.05) is 44.1 Å². The molecule has 4 heterocycles. The molecule has 0 bridgehead atoms. The molecule has 0 spiro atoms. The summed E-state index contributed by atoms with van der Waals surface area (Å²) in [6.45, 7) is 12.4. The van der Waals surface area contributed by atoms with Crippen LogP contribution in [0.1, 0.15) is 75.3 Å². The molecule has 2 saturated heterocycles. The lowest BCUT2D eigenvalue weighted by Crippen LogP contribution is -2.58. The van der Waals surface area contributed by atoms with Crippen LogP contribution >= 0.6 is 0 Å². The Labute approximate surface area is 197 Å². The highest BCUT2D eigenvalue weighted by molar-refractivity contribution is 5.80. The van der Waals surface area contributed by atoms with E-state index in [1.807, 2.05) is 0 Å². The number of rotatable bonds is 4. The van der Waals surface area contributed by atoms with Crippen molar-refractivity contribution in [2.45, 2.75) is 77.5 Å². The standard InChI is InChI=1S/C26H36N4O3/c1-16(2)22-13-29(8-9-30(22)25(31)18-7-10-32-14-18)24-20(12-27)19-11-26(3,4)33-15-21(19)23(28-24)17-5-6-17/h16-18,22H,5-11,13-15H2,1-4H3. The average molecular weight is 453 g/mol. The van der Waals surface area contributed by atoms with E-state index >= 15 is 0 Å². The molecule has 33 heavy (non-hydrogen) atoms. The maximum Gasteiger partial charge on any atom is 0.228 e. The van der Waals surface area contributed by atoms with E-state index in [4.69, 9.17) is 14.5 Å². The third kappa shape index (κ3) is 4.24. The Morgan fingerprint density at radius 2 is 2.00 bits per heavy atom. The lowest BCUT2D eigenvalue weighted by Gasteiger charge is -2.45. The lowest BCUT2D eigenvalue weighted by atomic mass is 9.87. The van der Waals surface area contributed by atoms with E-state index in [2.05, 4.69) is 43.6 Å². The minimum atomic E-state index is -0.285. The molecule has 1 aromatic heterocycles. The molecule has 1 saturated carbocycles. The fourth-order valence-electron chi connectivity index (χ4n) is 5.63. The fourth-order valence-corrected chi connectivity index (χ4v) is 5.63. The summed E-state index contributed by atoms with van der Waals surface area (Å²) in [4.78, 5) is 22.7. The van der Waals surface area contributed by atoms with Gasteiger partial charge in [0.1, 0.15) is 11.9 Å². The molecule has 0 aromatic carbocycles. The molecule has 5 rings (SSSR count). The van der Waals surface area contributed by atoms with Crippen LogP contribution in [0.2, 0.25) is 0 Å². The number of anilines is 1. The summed E-state index contributed by atoms with van der Waals surface area (Å²) in [5.74, 6) is 1.83. The number of hydrogen-bond acceptors (Lipinski definition) is 6. The number of aromatic nitrogens is 1. The summed E-state index contributed by atoms with van der Waals surface area (Å²) in [6.07, 6.45) is 3.87. The second kappa shape index (κ2) is 8.56. The lowest BCUT2D eigenvalue weighted by molar-refractivity contribution is -0.139. The van der Waals surface area contributed by atoms with Crippen LogP contribution in [0.25, 0.3) is 0 Å². The molecule has 178 valence electrons.